The highest BCUT2D eigenvalue weighted by atomic mass is 19.1. The smallest absolute Gasteiger partial charge is 0.191 e. The zero-order valence-corrected chi connectivity index (χ0v) is 18.1. The van der Waals surface area contributed by atoms with Crippen molar-refractivity contribution in [3.8, 4) is 17.6 Å². The molecule has 0 aromatic heterocycles. The van der Waals surface area contributed by atoms with Crippen molar-refractivity contribution in [1.82, 2.24) is 10.6 Å². The number of methoxy groups -OCH3 is 1. The molecule has 3 rings (SSSR count). The predicted octanol–water partition coefficient (Wildman–Crippen LogP) is 4.28. The summed E-state index contributed by atoms with van der Waals surface area (Å²) in [4.78, 5) is 4.66. The van der Waals surface area contributed by atoms with Gasteiger partial charge in [0.2, 0.25) is 0 Å². The maximum Gasteiger partial charge on any atom is 0.191 e. The van der Waals surface area contributed by atoms with E-state index in [-0.39, 0.29) is 12.6 Å². The summed E-state index contributed by atoms with van der Waals surface area (Å²) >= 11 is 0. The predicted molar refractivity (Wildman–Crippen MR) is 119 cm³/mol. The van der Waals surface area contributed by atoms with Crippen molar-refractivity contribution in [1.29, 1.82) is 5.26 Å². The number of hydrogen-bond acceptors (Lipinski definition) is 4. The van der Waals surface area contributed by atoms with E-state index in [2.05, 4.69) is 15.6 Å². The maximum atomic E-state index is 14.2. The molecule has 0 saturated heterocycles. The number of rotatable bonds is 8. The van der Waals surface area contributed by atoms with E-state index in [1.54, 1.807) is 19.2 Å². The first-order chi connectivity index (χ1) is 15.1. The molecule has 1 saturated carbocycles. The van der Waals surface area contributed by atoms with Gasteiger partial charge in [-0.1, -0.05) is 18.2 Å². The second-order valence-electron chi connectivity index (χ2n) is 7.44. The molecule has 2 aromatic rings. The molecular formula is C24H29FN4O2. The number of para-hydroxylation sites is 1. The van der Waals surface area contributed by atoms with Crippen LogP contribution in [0.3, 0.4) is 0 Å². The first-order valence-electron chi connectivity index (χ1n) is 10.7. The van der Waals surface area contributed by atoms with Crippen molar-refractivity contribution in [3.63, 3.8) is 0 Å². The molecule has 1 aliphatic carbocycles. The summed E-state index contributed by atoms with van der Waals surface area (Å²) in [6, 6.07) is 12.2. The largest absolute Gasteiger partial charge is 0.493 e. The molecular weight excluding hydrogens is 395 g/mol. The maximum absolute atomic E-state index is 14.2. The number of benzene rings is 2. The van der Waals surface area contributed by atoms with Crippen molar-refractivity contribution < 1.29 is 13.9 Å². The Hall–Kier alpha value is -3.27. The summed E-state index contributed by atoms with van der Waals surface area (Å²) in [7, 11) is 1.64. The van der Waals surface area contributed by atoms with Crippen LogP contribution in [-0.4, -0.2) is 25.7 Å². The topological polar surface area (TPSA) is 78.7 Å². The number of hydrogen-bond donors (Lipinski definition) is 2. The van der Waals surface area contributed by atoms with E-state index in [0.717, 1.165) is 24.2 Å². The van der Waals surface area contributed by atoms with Crippen molar-refractivity contribution >= 4 is 5.96 Å². The van der Waals surface area contributed by atoms with Gasteiger partial charge in [0.1, 0.15) is 5.82 Å². The van der Waals surface area contributed by atoms with E-state index in [0.29, 0.717) is 35.9 Å². The Kier molecular flexibility index (Phi) is 8.11. The molecule has 0 radical (unpaired) electrons. The summed E-state index contributed by atoms with van der Waals surface area (Å²) in [5.74, 6) is 1.61. The lowest BCUT2D eigenvalue weighted by atomic mass is 10.1. The van der Waals surface area contributed by atoms with Crippen LogP contribution in [0.2, 0.25) is 0 Å². The van der Waals surface area contributed by atoms with Gasteiger partial charge in [0, 0.05) is 24.2 Å². The summed E-state index contributed by atoms with van der Waals surface area (Å²) in [6.45, 7) is 3.29. The summed E-state index contributed by atoms with van der Waals surface area (Å²) < 4.78 is 26.0. The number of nitriles is 1. The van der Waals surface area contributed by atoms with Gasteiger partial charge in [-0.15, -0.1) is 0 Å². The standard InChI is InChI=1S/C24H29FN4O2/c1-3-27-24(28-15-18-12-11-17(14-26)13-21(18)25)29-16-19-7-6-10-22(30-2)23(19)31-20-8-4-5-9-20/h6-7,10-13,20H,3-5,8-9,15-16H2,1-2H3,(H2,27,28,29). The highest BCUT2D eigenvalue weighted by Gasteiger charge is 2.20. The van der Waals surface area contributed by atoms with Gasteiger partial charge in [0.15, 0.2) is 17.5 Å². The zero-order valence-electron chi connectivity index (χ0n) is 18.1. The Labute approximate surface area is 183 Å². The van der Waals surface area contributed by atoms with Crippen LogP contribution in [0.25, 0.3) is 0 Å². The minimum Gasteiger partial charge on any atom is -0.493 e. The summed E-state index contributed by atoms with van der Waals surface area (Å²) in [6.07, 6.45) is 4.70. The number of ether oxygens (including phenoxy) is 2. The third kappa shape index (κ3) is 6.11. The molecule has 164 valence electrons. The summed E-state index contributed by atoms with van der Waals surface area (Å²) in [5, 5.41) is 15.2. The van der Waals surface area contributed by atoms with Crippen molar-refractivity contribution in [2.24, 2.45) is 4.99 Å². The van der Waals surface area contributed by atoms with E-state index in [1.165, 1.54) is 18.9 Å². The molecule has 1 aliphatic rings. The molecule has 6 nitrogen and oxygen atoms in total. The van der Waals surface area contributed by atoms with E-state index in [4.69, 9.17) is 14.7 Å². The quantitative estimate of drug-likeness (QED) is 0.488. The molecule has 2 N–H and O–H groups in total. The van der Waals surface area contributed by atoms with Crippen LogP contribution in [0.1, 0.15) is 49.3 Å². The molecule has 1 fully saturated rings. The Morgan fingerprint density at radius 2 is 2.00 bits per heavy atom. The average molecular weight is 425 g/mol. The first-order valence-corrected chi connectivity index (χ1v) is 10.7. The number of nitrogens with one attached hydrogen (secondary N) is 2. The van der Waals surface area contributed by atoms with Gasteiger partial charge >= 0.3 is 0 Å². The third-order valence-electron chi connectivity index (χ3n) is 5.25. The number of halogens is 1. The fourth-order valence-electron chi connectivity index (χ4n) is 3.60. The molecule has 7 heteroatoms. The second kappa shape index (κ2) is 11.2. The molecule has 0 amide bonds. The minimum atomic E-state index is -0.414. The first kappa shape index (κ1) is 22.4. The number of nitrogens with zero attached hydrogens (tertiary/aromatic N) is 2. The fourth-order valence-corrected chi connectivity index (χ4v) is 3.60. The highest BCUT2D eigenvalue weighted by Crippen LogP contribution is 2.35. The van der Waals surface area contributed by atoms with Gasteiger partial charge in [-0.3, -0.25) is 0 Å². The molecule has 31 heavy (non-hydrogen) atoms. The van der Waals surface area contributed by atoms with Crippen molar-refractivity contribution in [2.75, 3.05) is 13.7 Å². The molecule has 0 heterocycles. The van der Waals surface area contributed by atoms with Crippen LogP contribution in [-0.2, 0) is 13.1 Å². The lowest BCUT2D eigenvalue weighted by Crippen LogP contribution is -2.37. The monoisotopic (exact) mass is 424 g/mol. The Morgan fingerprint density at radius 3 is 2.68 bits per heavy atom. The number of guanidine groups is 1. The fraction of sp³-hybridized carbons (Fsp3) is 0.417. The minimum absolute atomic E-state index is 0.213. The van der Waals surface area contributed by atoms with Crippen LogP contribution in [0.4, 0.5) is 4.39 Å². The average Bonchev–Trinajstić information content (AvgIpc) is 3.30. The molecule has 2 aromatic carbocycles. The van der Waals surface area contributed by atoms with Gasteiger partial charge in [0.25, 0.3) is 0 Å². The van der Waals surface area contributed by atoms with Crippen LogP contribution < -0.4 is 20.1 Å². The van der Waals surface area contributed by atoms with Gasteiger partial charge in [0.05, 0.1) is 31.4 Å². The SMILES string of the molecule is CCNC(=NCc1cccc(OC)c1OC1CCCC1)NCc1ccc(C#N)cc1F. The zero-order chi connectivity index (χ0) is 22.1. The molecule has 0 bridgehead atoms. The Morgan fingerprint density at radius 1 is 1.19 bits per heavy atom. The highest BCUT2D eigenvalue weighted by molar-refractivity contribution is 5.79. The third-order valence-corrected chi connectivity index (χ3v) is 5.25. The van der Waals surface area contributed by atoms with Gasteiger partial charge in [-0.2, -0.15) is 5.26 Å². The molecule has 0 unspecified atom stereocenters. The van der Waals surface area contributed by atoms with Crippen molar-refractivity contribution in [2.45, 2.75) is 51.8 Å². The lowest BCUT2D eigenvalue weighted by molar-refractivity contribution is 0.198. The Balaban J connectivity index is 1.73. The Bertz CT molecular complexity index is 949. The van der Waals surface area contributed by atoms with Crippen LogP contribution in [0.15, 0.2) is 41.4 Å². The summed E-state index contributed by atoms with van der Waals surface area (Å²) in [5.41, 5.74) is 1.71. The van der Waals surface area contributed by atoms with Crippen LogP contribution in [0.5, 0.6) is 11.5 Å². The van der Waals surface area contributed by atoms with Gasteiger partial charge in [-0.25, -0.2) is 9.38 Å². The second-order valence-corrected chi connectivity index (χ2v) is 7.44. The van der Waals surface area contributed by atoms with Gasteiger partial charge < -0.3 is 20.1 Å². The number of aliphatic imine (C=N–C) groups is 1. The van der Waals surface area contributed by atoms with E-state index >= 15 is 0 Å². The molecule has 0 spiro atoms. The molecule has 0 aliphatic heterocycles. The van der Waals surface area contributed by atoms with Crippen LogP contribution in [0, 0.1) is 17.1 Å². The normalized spacial score (nSPS) is 14.2. The van der Waals surface area contributed by atoms with Gasteiger partial charge in [-0.05, 0) is 50.8 Å². The van der Waals surface area contributed by atoms with E-state index in [9.17, 15) is 4.39 Å². The van der Waals surface area contributed by atoms with Crippen LogP contribution >= 0.6 is 0 Å². The van der Waals surface area contributed by atoms with Crippen molar-refractivity contribution in [3.05, 3.63) is 58.9 Å². The lowest BCUT2D eigenvalue weighted by Gasteiger charge is -2.19. The van der Waals surface area contributed by atoms with E-state index < -0.39 is 5.82 Å². The van der Waals surface area contributed by atoms with E-state index in [1.807, 2.05) is 31.2 Å². The molecule has 0 atom stereocenters.